The quantitative estimate of drug-likeness (QED) is 0.108. The molecule has 4 rings (SSSR count). The van der Waals surface area contributed by atoms with Crippen LogP contribution in [0.4, 0.5) is 0 Å². The fourth-order valence-corrected chi connectivity index (χ4v) is 2.72. The summed E-state index contributed by atoms with van der Waals surface area (Å²) in [6, 6.07) is 7.06. The molecule has 0 fully saturated rings. The molecule has 0 radical (unpaired) electrons. The lowest BCUT2D eigenvalue weighted by Crippen LogP contribution is -1.90. The second kappa shape index (κ2) is 16.0. The summed E-state index contributed by atoms with van der Waals surface area (Å²) >= 11 is 14.5. The summed E-state index contributed by atoms with van der Waals surface area (Å²) in [5.41, 5.74) is 3.03. The van der Waals surface area contributed by atoms with Crippen molar-refractivity contribution < 1.29 is 18.7 Å². The number of hydrogen-bond donors (Lipinski definition) is 1. The molecule has 0 unspecified atom stereocenters. The molecular weight excluding hydrogens is 559 g/mol. The number of halogens is 3. The van der Waals surface area contributed by atoms with E-state index in [1.54, 1.807) is 49.0 Å². The van der Waals surface area contributed by atoms with E-state index < -0.39 is 0 Å². The topological polar surface area (TPSA) is 107 Å². The van der Waals surface area contributed by atoms with Gasteiger partial charge in [0.05, 0.1) is 18.0 Å². The van der Waals surface area contributed by atoms with Crippen molar-refractivity contribution in [2.45, 2.75) is 13.2 Å². The first-order valence-electron chi connectivity index (χ1n) is 10.1. The molecule has 0 saturated carbocycles. The summed E-state index contributed by atoms with van der Waals surface area (Å²) in [5.74, 6) is 1.23. The lowest BCUT2D eigenvalue weighted by Gasteiger charge is -1.96. The van der Waals surface area contributed by atoms with E-state index in [-0.39, 0.29) is 17.2 Å². The standard InChI is InChI=1S/C12H11ClN2O2.C9H7ClN2O2.C3H5Br/c1-2-5-16-8-10-6-9(7-17-10)11-3-4-14-12(13)15-11;10-9-11-2-1-8(12-9)6-3-7(4-13)14-5-6;1-2-3-4/h2-4,6-7H,1,5,8H2;1-3,5,13H,4H2;2H,1,3H2. The third-order valence-corrected chi connectivity index (χ3v) is 4.72. The Labute approximate surface area is 221 Å². The van der Waals surface area contributed by atoms with E-state index in [2.05, 4.69) is 49.0 Å². The predicted molar refractivity (Wildman–Crippen MR) is 139 cm³/mol. The van der Waals surface area contributed by atoms with Crippen LogP contribution < -0.4 is 0 Å². The van der Waals surface area contributed by atoms with Gasteiger partial charge in [0.2, 0.25) is 10.6 Å². The number of alkyl halides is 1. The summed E-state index contributed by atoms with van der Waals surface area (Å²) < 4.78 is 15.7. The van der Waals surface area contributed by atoms with Crippen molar-refractivity contribution in [3.63, 3.8) is 0 Å². The molecule has 35 heavy (non-hydrogen) atoms. The van der Waals surface area contributed by atoms with Crippen molar-refractivity contribution >= 4 is 39.1 Å². The minimum atomic E-state index is -0.126. The third-order valence-electron chi connectivity index (χ3n) is 3.90. The van der Waals surface area contributed by atoms with Gasteiger partial charge in [0.1, 0.15) is 37.3 Å². The van der Waals surface area contributed by atoms with Gasteiger partial charge in [0.25, 0.3) is 0 Å². The Morgan fingerprint density at radius 3 is 1.86 bits per heavy atom. The van der Waals surface area contributed by atoms with Crippen LogP contribution in [0.25, 0.3) is 22.5 Å². The van der Waals surface area contributed by atoms with Gasteiger partial charge in [-0.2, -0.15) is 0 Å². The van der Waals surface area contributed by atoms with Crippen molar-refractivity contribution in [3.8, 4) is 22.5 Å². The highest BCUT2D eigenvalue weighted by Gasteiger charge is 2.07. The van der Waals surface area contributed by atoms with Gasteiger partial charge in [0.15, 0.2) is 0 Å². The summed E-state index contributed by atoms with van der Waals surface area (Å²) in [6.07, 6.45) is 9.78. The van der Waals surface area contributed by atoms with Crippen LogP contribution in [-0.2, 0) is 18.0 Å². The Hall–Kier alpha value is -2.82. The van der Waals surface area contributed by atoms with Gasteiger partial charge in [-0.15, -0.1) is 13.2 Å². The molecule has 0 atom stereocenters. The number of nitrogens with zero attached hydrogens (tertiary/aromatic N) is 4. The van der Waals surface area contributed by atoms with Crippen LogP contribution in [0.15, 0.2) is 83.3 Å². The SMILES string of the molecule is C=CCBr.C=CCOCc1cc(-c2ccnc(Cl)n2)co1.OCc1cc(-c2ccnc(Cl)n2)co1. The highest BCUT2D eigenvalue weighted by atomic mass is 79.9. The number of aliphatic hydroxyl groups is 1. The molecule has 0 amide bonds. The predicted octanol–water partition coefficient (Wildman–Crippen LogP) is 6.54. The first-order valence-corrected chi connectivity index (χ1v) is 12.0. The van der Waals surface area contributed by atoms with Crippen molar-refractivity contribution in [1.82, 2.24) is 19.9 Å². The van der Waals surface area contributed by atoms with Crippen LogP contribution in [-0.4, -0.2) is 37.0 Å². The minimum Gasteiger partial charge on any atom is -0.466 e. The van der Waals surface area contributed by atoms with E-state index >= 15 is 0 Å². The first kappa shape index (κ1) is 28.4. The molecule has 0 saturated heterocycles. The van der Waals surface area contributed by atoms with Crippen molar-refractivity contribution in [2.24, 2.45) is 0 Å². The zero-order chi connectivity index (χ0) is 25.5. The molecule has 4 heterocycles. The van der Waals surface area contributed by atoms with E-state index in [4.69, 9.17) is 41.9 Å². The number of furan rings is 2. The van der Waals surface area contributed by atoms with E-state index in [1.165, 1.54) is 6.26 Å². The number of hydrogen-bond acceptors (Lipinski definition) is 8. The Kier molecular flexibility index (Phi) is 13.0. The van der Waals surface area contributed by atoms with Gasteiger partial charge in [-0.3, -0.25) is 0 Å². The number of ether oxygens (including phenoxy) is 1. The molecule has 0 aliphatic heterocycles. The van der Waals surface area contributed by atoms with Gasteiger partial charge in [-0.05, 0) is 47.5 Å². The van der Waals surface area contributed by atoms with Gasteiger partial charge in [0, 0.05) is 28.9 Å². The summed E-state index contributed by atoms with van der Waals surface area (Å²) in [7, 11) is 0. The summed E-state index contributed by atoms with van der Waals surface area (Å²) in [6.45, 7) is 7.78. The third kappa shape index (κ3) is 10.1. The maximum absolute atomic E-state index is 8.80. The largest absolute Gasteiger partial charge is 0.466 e. The molecule has 4 aromatic heterocycles. The smallest absolute Gasteiger partial charge is 0.222 e. The number of rotatable bonds is 8. The Morgan fingerprint density at radius 2 is 1.43 bits per heavy atom. The zero-order valence-corrected chi connectivity index (χ0v) is 21.7. The van der Waals surface area contributed by atoms with Crippen LogP contribution in [0.5, 0.6) is 0 Å². The second-order valence-corrected chi connectivity index (χ2v) is 7.75. The maximum Gasteiger partial charge on any atom is 0.222 e. The van der Waals surface area contributed by atoms with Gasteiger partial charge < -0.3 is 18.7 Å². The van der Waals surface area contributed by atoms with Crippen LogP contribution in [0.2, 0.25) is 10.6 Å². The molecule has 0 aliphatic carbocycles. The lowest BCUT2D eigenvalue weighted by molar-refractivity contribution is 0.132. The fraction of sp³-hybridized carbons (Fsp3) is 0.167. The zero-order valence-electron chi connectivity index (χ0n) is 18.6. The minimum absolute atomic E-state index is 0.126. The molecule has 0 spiro atoms. The van der Waals surface area contributed by atoms with Crippen LogP contribution in [0, 0.1) is 0 Å². The number of allylic oxidation sites excluding steroid dienone is 1. The second-order valence-electron chi connectivity index (χ2n) is 6.43. The van der Waals surface area contributed by atoms with E-state index in [0.29, 0.717) is 24.7 Å². The number of aliphatic hydroxyl groups excluding tert-OH is 1. The molecule has 184 valence electrons. The molecule has 11 heteroatoms. The van der Waals surface area contributed by atoms with Crippen molar-refractivity contribution in [3.05, 3.63) is 96.6 Å². The average Bonchev–Trinajstić information content (AvgIpc) is 3.55. The summed E-state index contributed by atoms with van der Waals surface area (Å²) in [5, 5.41) is 10.1. The van der Waals surface area contributed by atoms with Crippen molar-refractivity contribution in [2.75, 3.05) is 11.9 Å². The highest BCUT2D eigenvalue weighted by molar-refractivity contribution is 9.09. The van der Waals surface area contributed by atoms with Gasteiger partial charge in [-0.25, -0.2) is 19.9 Å². The average molecular weight is 582 g/mol. The monoisotopic (exact) mass is 580 g/mol. The molecule has 0 aromatic carbocycles. The molecular formula is C24H23BrCl2N4O4. The Balaban J connectivity index is 0.000000217. The number of aromatic nitrogens is 4. The fourth-order valence-electron chi connectivity index (χ4n) is 2.42. The maximum atomic E-state index is 8.80. The summed E-state index contributed by atoms with van der Waals surface area (Å²) in [4.78, 5) is 15.7. The Bertz CT molecular complexity index is 1200. The molecule has 4 aromatic rings. The van der Waals surface area contributed by atoms with E-state index in [1.807, 2.05) is 6.07 Å². The van der Waals surface area contributed by atoms with E-state index in [0.717, 1.165) is 27.9 Å². The molecule has 8 nitrogen and oxygen atoms in total. The molecule has 0 aliphatic rings. The first-order chi connectivity index (χ1) is 17.0. The molecule has 1 N–H and O–H groups in total. The molecule has 0 bridgehead atoms. The van der Waals surface area contributed by atoms with E-state index in [9.17, 15) is 0 Å². The highest BCUT2D eigenvalue weighted by Crippen LogP contribution is 2.22. The Morgan fingerprint density at radius 1 is 0.914 bits per heavy atom. The van der Waals surface area contributed by atoms with Crippen LogP contribution >= 0.6 is 39.1 Å². The van der Waals surface area contributed by atoms with Gasteiger partial charge >= 0.3 is 0 Å². The van der Waals surface area contributed by atoms with Gasteiger partial charge in [-0.1, -0.05) is 28.1 Å². The van der Waals surface area contributed by atoms with Crippen LogP contribution in [0.1, 0.15) is 11.5 Å². The lowest BCUT2D eigenvalue weighted by atomic mass is 10.2. The normalized spacial score (nSPS) is 9.94. The van der Waals surface area contributed by atoms with Crippen molar-refractivity contribution in [1.29, 1.82) is 0 Å². The van der Waals surface area contributed by atoms with Crippen LogP contribution in [0.3, 0.4) is 0 Å².